The minimum atomic E-state index is 0.336. The van der Waals surface area contributed by atoms with Crippen LogP contribution in [0.2, 0.25) is 0 Å². The van der Waals surface area contributed by atoms with Crippen LogP contribution < -0.4 is 14.8 Å². The molecule has 2 N–H and O–H groups in total. The molecule has 0 radical (unpaired) electrons. The maximum Gasteiger partial charge on any atom is 0.231 e. The van der Waals surface area contributed by atoms with Gasteiger partial charge in [0.2, 0.25) is 6.79 Å². The molecular formula is C15H18N2O2. The first-order valence-electron chi connectivity index (χ1n) is 7.03. The lowest BCUT2D eigenvalue weighted by atomic mass is 10.1. The zero-order valence-corrected chi connectivity index (χ0v) is 10.9. The van der Waals surface area contributed by atoms with E-state index in [0.29, 0.717) is 6.79 Å². The van der Waals surface area contributed by atoms with Crippen molar-refractivity contribution in [2.45, 2.75) is 31.7 Å². The van der Waals surface area contributed by atoms with Gasteiger partial charge in [-0.3, -0.25) is 0 Å². The minimum absolute atomic E-state index is 0.336. The molecule has 1 aromatic carbocycles. The molecule has 4 heteroatoms. The van der Waals surface area contributed by atoms with Crippen molar-refractivity contribution in [1.82, 2.24) is 10.3 Å². The summed E-state index contributed by atoms with van der Waals surface area (Å²) < 4.78 is 10.8. The summed E-state index contributed by atoms with van der Waals surface area (Å²) in [7, 11) is 0. The van der Waals surface area contributed by atoms with E-state index < -0.39 is 0 Å². The molecular weight excluding hydrogens is 240 g/mol. The van der Waals surface area contributed by atoms with Crippen LogP contribution in [0.4, 0.5) is 0 Å². The van der Waals surface area contributed by atoms with Gasteiger partial charge in [0.15, 0.2) is 11.5 Å². The molecule has 4 nitrogen and oxygen atoms in total. The summed E-state index contributed by atoms with van der Waals surface area (Å²) in [5.41, 5.74) is 2.50. The third kappa shape index (κ3) is 2.16. The fourth-order valence-electron chi connectivity index (χ4n) is 2.65. The van der Waals surface area contributed by atoms with Crippen LogP contribution in [-0.4, -0.2) is 24.4 Å². The van der Waals surface area contributed by atoms with E-state index >= 15 is 0 Å². The minimum Gasteiger partial charge on any atom is -0.454 e. The first kappa shape index (κ1) is 11.2. The third-order valence-corrected chi connectivity index (χ3v) is 3.89. The second-order valence-electron chi connectivity index (χ2n) is 5.40. The SMILES string of the molecule is c1[nH]c2cc3c(cc2c1CCCNC1CC1)OCO3. The number of hydrogen-bond acceptors (Lipinski definition) is 3. The molecule has 0 unspecified atom stereocenters. The molecule has 0 bridgehead atoms. The molecule has 1 saturated carbocycles. The van der Waals surface area contributed by atoms with Crippen LogP contribution in [0.3, 0.4) is 0 Å². The van der Waals surface area contributed by atoms with Crippen LogP contribution in [0.25, 0.3) is 10.9 Å². The summed E-state index contributed by atoms with van der Waals surface area (Å²) in [6.07, 6.45) is 7.10. The standard InChI is InChI=1S/C15H18N2O2/c1(5-16-11-3-4-11)2-10-8-17-13-7-15-14(6-12(10)13)18-9-19-15/h6-8,11,16-17H,1-5,9H2. The highest BCUT2D eigenvalue weighted by Gasteiger charge is 2.20. The van der Waals surface area contributed by atoms with E-state index in [9.17, 15) is 0 Å². The van der Waals surface area contributed by atoms with E-state index in [1.165, 1.54) is 30.2 Å². The smallest absolute Gasteiger partial charge is 0.231 e. The van der Waals surface area contributed by atoms with Crippen molar-refractivity contribution in [2.75, 3.05) is 13.3 Å². The third-order valence-electron chi connectivity index (χ3n) is 3.89. The van der Waals surface area contributed by atoms with Crippen LogP contribution in [0.5, 0.6) is 11.5 Å². The Kier molecular flexibility index (Phi) is 2.62. The van der Waals surface area contributed by atoms with Gasteiger partial charge in [-0.1, -0.05) is 0 Å². The number of aryl methyl sites for hydroxylation is 1. The summed E-state index contributed by atoms with van der Waals surface area (Å²) in [6.45, 7) is 1.45. The average Bonchev–Trinajstić information content (AvgIpc) is 3.00. The van der Waals surface area contributed by atoms with Gasteiger partial charge in [0, 0.05) is 29.2 Å². The van der Waals surface area contributed by atoms with Gasteiger partial charge in [-0.25, -0.2) is 0 Å². The molecule has 0 amide bonds. The molecule has 100 valence electrons. The number of H-pyrrole nitrogens is 1. The zero-order chi connectivity index (χ0) is 12.7. The molecule has 1 fully saturated rings. The normalized spacial score (nSPS) is 17.3. The molecule has 19 heavy (non-hydrogen) atoms. The van der Waals surface area contributed by atoms with Gasteiger partial charge in [-0.15, -0.1) is 0 Å². The van der Waals surface area contributed by atoms with Crippen LogP contribution in [0.1, 0.15) is 24.8 Å². The summed E-state index contributed by atoms with van der Waals surface area (Å²) >= 11 is 0. The highest BCUT2D eigenvalue weighted by molar-refractivity contribution is 5.86. The van der Waals surface area contributed by atoms with E-state index in [2.05, 4.69) is 22.6 Å². The van der Waals surface area contributed by atoms with Crippen molar-refractivity contribution in [3.05, 3.63) is 23.9 Å². The lowest BCUT2D eigenvalue weighted by Gasteiger charge is -2.02. The molecule has 1 aromatic heterocycles. The van der Waals surface area contributed by atoms with E-state index in [1.54, 1.807) is 0 Å². The number of aromatic amines is 1. The quantitative estimate of drug-likeness (QED) is 0.810. The Labute approximate surface area is 112 Å². The Hall–Kier alpha value is -1.68. The molecule has 0 spiro atoms. The number of fused-ring (bicyclic) bond motifs is 2. The molecule has 2 aliphatic rings. The van der Waals surface area contributed by atoms with E-state index in [0.717, 1.165) is 36.0 Å². The predicted octanol–water partition coefficient (Wildman–Crippen LogP) is 2.58. The first-order valence-corrected chi connectivity index (χ1v) is 7.03. The fraction of sp³-hybridized carbons (Fsp3) is 0.467. The second-order valence-corrected chi connectivity index (χ2v) is 5.40. The summed E-state index contributed by atoms with van der Waals surface area (Å²) in [6, 6.07) is 4.93. The summed E-state index contributed by atoms with van der Waals surface area (Å²) in [5.74, 6) is 1.71. The number of nitrogens with one attached hydrogen (secondary N) is 2. The Bertz CT molecular complexity index is 601. The van der Waals surface area contributed by atoms with Crippen LogP contribution in [0, 0.1) is 0 Å². The van der Waals surface area contributed by atoms with Gasteiger partial charge < -0.3 is 19.8 Å². The van der Waals surface area contributed by atoms with Crippen molar-refractivity contribution in [2.24, 2.45) is 0 Å². The van der Waals surface area contributed by atoms with Crippen molar-refractivity contribution in [3.63, 3.8) is 0 Å². The van der Waals surface area contributed by atoms with Gasteiger partial charge in [-0.05, 0) is 43.9 Å². The number of rotatable bonds is 5. The summed E-state index contributed by atoms with van der Waals surface area (Å²) in [4.78, 5) is 3.32. The van der Waals surface area contributed by atoms with E-state index in [-0.39, 0.29) is 0 Å². The van der Waals surface area contributed by atoms with Crippen LogP contribution in [0.15, 0.2) is 18.3 Å². The van der Waals surface area contributed by atoms with Crippen LogP contribution >= 0.6 is 0 Å². The fourth-order valence-corrected chi connectivity index (χ4v) is 2.65. The Balaban J connectivity index is 1.49. The second kappa shape index (κ2) is 4.46. The molecule has 2 aromatic rings. The monoisotopic (exact) mass is 258 g/mol. The molecule has 0 atom stereocenters. The van der Waals surface area contributed by atoms with Crippen molar-refractivity contribution < 1.29 is 9.47 Å². The van der Waals surface area contributed by atoms with Gasteiger partial charge >= 0.3 is 0 Å². The topological polar surface area (TPSA) is 46.3 Å². The molecule has 1 aliphatic heterocycles. The molecule has 2 heterocycles. The molecule has 1 aliphatic carbocycles. The van der Waals surface area contributed by atoms with Crippen molar-refractivity contribution >= 4 is 10.9 Å². The zero-order valence-electron chi connectivity index (χ0n) is 10.9. The van der Waals surface area contributed by atoms with Gasteiger partial charge in [0.05, 0.1) is 0 Å². The number of benzene rings is 1. The number of aromatic nitrogens is 1. The van der Waals surface area contributed by atoms with E-state index in [1.807, 2.05) is 6.07 Å². The predicted molar refractivity (Wildman–Crippen MR) is 73.8 cm³/mol. The van der Waals surface area contributed by atoms with Crippen molar-refractivity contribution in [3.8, 4) is 11.5 Å². The highest BCUT2D eigenvalue weighted by atomic mass is 16.7. The van der Waals surface area contributed by atoms with Crippen molar-refractivity contribution in [1.29, 1.82) is 0 Å². The average molecular weight is 258 g/mol. The highest BCUT2D eigenvalue weighted by Crippen LogP contribution is 2.37. The lowest BCUT2D eigenvalue weighted by Crippen LogP contribution is -2.17. The van der Waals surface area contributed by atoms with Gasteiger partial charge in [0.1, 0.15) is 0 Å². The lowest BCUT2D eigenvalue weighted by molar-refractivity contribution is 0.174. The maximum atomic E-state index is 5.45. The molecule has 0 saturated heterocycles. The largest absolute Gasteiger partial charge is 0.454 e. The Morgan fingerprint density at radius 3 is 2.89 bits per heavy atom. The summed E-state index contributed by atoms with van der Waals surface area (Å²) in [5, 5.41) is 4.81. The molecule has 4 rings (SSSR count). The number of hydrogen-bond donors (Lipinski definition) is 2. The number of ether oxygens (including phenoxy) is 2. The first-order chi connectivity index (χ1) is 9.40. The van der Waals surface area contributed by atoms with E-state index in [4.69, 9.17) is 9.47 Å². The Morgan fingerprint density at radius 2 is 2.05 bits per heavy atom. The maximum absolute atomic E-state index is 5.45. The van der Waals surface area contributed by atoms with Gasteiger partial charge in [-0.2, -0.15) is 0 Å². The van der Waals surface area contributed by atoms with Crippen LogP contribution in [-0.2, 0) is 6.42 Å². The Morgan fingerprint density at radius 1 is 1.21 bits per heavy atom. The van der Waals surface area contributed by atoms with Gasteiger partial charge in [0.25, 0.3) is 0 Å².